The molecule has 0 radical (unpaired) electrons. The lowest BCUT2D eigenvalue weighted by molar-refractivity contribution is -0.137. The Morgan fingerprint density at radius 3 is 2.62 bits per heavy atom. The molecule has 0 saturated heterocycles. The molecule has 0 amide bonds. The topological polar surface area (TPSA) is 69.9 Å². The smallest absolute Gasteiger partial charge is 0.195 e. The van der Waals surface area contributed by atoms with Gasteiger partial charge in [0.05, 0.1) is 0 Å². The summed E-state index contributed by atoms with van der Waals surface area (Å²) in [7, 11) is 0. The van der Waals surface area contributed by atoms with Crippen molar-refractivity contribution in [3.63, 3.8) is 0 Å². The maximum Gasteiger partial charge on any atom is 0.195 e. The van der Waals surface area contributed by atoms with Crippen molar-refractivity contribution in [3.8, 4) is 0 Å². The first-order chi connectivity index (χ1) is 9.87. The van der Waals surface area contributed by atoms with Crippen LogP contribution in [0.15, 0.2) is 39.1 Å². The summed E-state index contributed by atoms with van der Waals surface area (Å²) < 4.78 is 0. The molecule has 1 atom stereocenters. The van der Waals surface area contributed by atoms with Crippen LogP contribution in [0.3, 0.4) is 0 Å². The molecule has 0 aromatic carbocycles. The predicted molar refractivity (Wildman–Crippen MR) is 80.3 cm³/mol. The number of rotatable bonds is 3. The molecule has 21 heavy (non-hydrogen) atoms. The van der Waals surface area contributed by atoms with Crippen molar-refractivity contribution in [3.05, 3.63) is 33.9 Å². The maximum atomic E-state index is 12.7. The number of allylic oxidation sites excluding steroid dienone is 4. The van der Waals surface area contributed by atoms with Gasteiger partial charge in [0.15, 0.2) is 5.78 Å². The third-order valence-electron chi connectivity index (χ3n) is 5.47. The molecular formula is C17H21NO3. The minimum absolute atomic E-state index is 0.147. The SMILES string of the molecule is CC1=C(CCC=NO)C2=C(C)C3(CC3)[C@@](C)(O)C(=O)C2=C1. The Labute approximate surface area is 124 Å². The quantitative estimate of drug-likeness (QED) is 0.476. The molecular weight excluding hydrogens is 266 g/mol. The molecule has 0 bridgehead atoms. The van der Waals surface area contributed by atoms with Crippen LogP contribution >= 0.6 is 0 Å². The number of carbonyl (C=O) groups excluding carboxylic acids is 1. The number of carbonyl (C=O) groups is 1. The number of aliphatic hydroxyl groups is 1. The number of oxime groups is 1. The van der Waals surface area contributed by atoms with Crippen LogP contribution in [-0.4, -0.2) is 27.9 Å². The van der Waals surface area contributed by atoms with Crippen molar-refractivity contribution in [2.24, 2.45) is 10.6 Å². The Bertz CT molecular complexity index is 643. The minimum atomic E-state index is -1.28. The molecule has 0 aromatic rings. The Balaban J connectivity index is 2.08. The van der Waals surface area contributed by atoms with Crippen LogP contribution in [0.25, 0.3) is 0 Å². The van der Waals surface area contributed by atoms with E-state index >= 15 is 0 Å². The van der Waals surface area contributed by atoms with Gasteiger partial charge in [-0.15, -0.1) is 5.16 Å². The van der Waals surface area contributed by atoms with E-state index in [4.69, 9.17) is 5.21 Å². The van der Waals surface area contributed by atoms with Gasteiger partial charge in [-0.05, 0) is 69.2 Å². The highest BCUT2D eigenvalue weighted by molar-refractivity contribution is 6.10. The summed E-state index contributed by atoms with van der Waals surface area (Å²) in [6.45, 7) is 5.71. The Kier molecular flexibility index (Phi) is 2.99. The predicted octanol–water partition coefficient (Wildman–Crippen LogP) is 2.91. The van der Waals surface area contributed by atoms with E-state index in [0.717, 1.165) is 41.6 Å². The van der Waals surface area contributed by atoms with Gasteiger partial charge in [-0.3, -0.25) is 4.79 Å². The molecule has 3 aliphatic rings. The third kappa shape index (κ3) is 1.72. The van der Waals surface area contributed by atoms with Gasteiger partial charge in [-0.1, -0.05) is 5.57 Å². The molecule has 0 heterocycles. The van der Waals surface area contributed by atoms with Crippen molar-refractivity contribution in [1.29, 1.82) is 0 Å². The van der Waals surface area contributed by atoms with E-state index in [1.54, 1.807) is 6.92 Å². The van der Waals surface area contributed by atoms with Crippen LogP contribution in [0.1, 0.15) is 46.5 Å². The highest BCUT2D eigenvalue weighted by Crippen LogP contribution is 2.65. The monoisotopic (exact) mass is 287 g/mol. The van der Waals surface area contributed by atoms with Gasteiger partial charge in [0.1, 0.15) is 5.60 Å². The van der Waals surface area contributed by atoms with E-state index in [0.29, 0.717) is 12.0 Å². The first kappa shape index (κ1) is 14.3. The zero-order valence-electron chi connectivity index (χ0n) is 12.7. The van der Waals surface area contributed by atoms with Crippen molar-refractivity contribution < 1.29 is 15.1 Å². The standard InChI is InChI=1S/C17H21NO3/c1-10-9-13-14(12(10)5-4-8-18-21)11(2)17(6-7-17)16(3,20)15(13)19/h8-9,20-21H,4-7H2,1-3H3/t16-/m0/s1. The van der Waals surface area contributed by atoms with Gasteiger partial charge in [0, 0.05) is 17.2 Å². The summed E-state index contributed by atoms with van der Waals surface area (Å²) in [5.41, 5.74) is 3.42. The molecule has 1 spiro atoms. The fourth-order valence-corrected chi connectivity index (χ4v) is 4.00. The molecule has 2 N–H and O–H groups in total. The second-order valence-corrected chi connectivity index (χ2v) is 6.54. The number of Topliss-reactive ketones (excluding diaryl/α,β-unsaturated/α-hetero) is 1. The molecule has 3 rings (SSSR count). The summed E-state index contributed by atoms with van der Waals surface area (Å²) in [5, 5.41) is 22.3. The van der Waals surface area contributed by atoms with E-state index in [1.165, 1.54) is 6.21 Å². The first-order valence-corrected chi connectivity index (χ1v) is 7.43. The molecule has 1 saturated carbocycles. The molecule has 4 nitrogen and oxygen atoms in total. The summed E-state index contributed by atoms with van der Waals surface area (Å²) in [6.07, 6.45) is 6.50. The molecule has 1 fully saturated rings. The van der Waals surface area contributed by atoms with Gasteiger partial charge in [-0.25, -0.2) is 0 Å². The van der Waals surface area contributed by atoms with Gasteiger partial charge in [0.25, 0.3) is 0 Å². The van der Waals surface area contributed by atoms with Crippen molar-refractivity contribution in [2.75, 3.05) is 0 Å². The summed E-state index contributed by atoms with van der Waals surface area (Å²) >= 11 is 0. The molecule has 3 aliphatic carbocycles. The van der Waals surface area contributed by atoms with E-state index in [1.807, 2.05) is 13.0 Å². The fraction of sp³-hybridized carbons (Fsp3) is 0.529. The van der Waals surface area contributed by atoms with Crippen LogP contribution in [0.5, 0.6) is 0 Å². The van der Waals surface area contributed by atoms with Gasteiger partial charge >= 0.3 is 0 Å². The Morgan fingerprint density at radius 1 is 1.38 bits per heavy atom. The lowest BCUT2D eigenvalue weighted by Gasteiger charge is -2.39. The fourth-order valence-electron chi connectivity index (χ4n) is 4.00. The Hall–Kier alpha value is -1.68. The van der Waals surface area contributed by atoms with Crippen LogP contribution in [-0.2, 0) is 4.79 Å². The second-order valence-electron chi connectivity index (χ2n) is 6.54. The normalized spacial score (nSPS) is 30.5. The number of hydrogen-bond acceptors (Lipinski definition) is 4. The van der Waals surface area contributed by atoms with Crippen LogP contribution in [0.2, 0.25) is 0 Å². The zero-order chi connectivity index (χ0) is 15.4. The van der Waals surface area contributed by atoms with Crippen molar-refractivity contribution >= 4 is 12.0 Å². The lowest BCUT2D eigenvalue weighted by atomic mass is 9.67. The lowest BCUT2D eigenvalue weighted by Crippen LogP contribution is -2.49. The highest BCUT2D eigenvalue weighted by atomic mass is 16.4. The minimum Gasteiger partial charge on any atom is -0.411 e. The van der Waals surface area contributed by atoms with Crippen LogP contribution in [0, 0.1) is 5.41 Å². The highest BCUT2D eigenvalue weighted by Gasteiger charge is 2.64. The molecule has 0 unspecified atom stereocenters. The van der Waals surface area contributed by atoms with Crippen molar-refractivity contribution in [1.82, 2.24) is 0 Å². The van der Waals surface area contributed by atoms with Crippen LogP contribution < -0.4 is 0 Å². The molecule has 4 heteroatoms. The van der Waals surface area contributed by atoms with E-state index in [2.05, 4.69) is 12.1 Å². The Morgan fingerprint density at radius 2 is 2.05 bits per heavy atom. The number of ketones is 1. The maximum absolute atomic E-state index is 12.7. The second kappa shape index (κ2) is 4.41. The van der Waals surface area contributed by atoms with Crippen molar-refractivity contribution in [2.45, 2.75) is 52.1 Å². The van der Waals surface area contributed by atoms with E-state index in [-0.39, 0.29) is 11.2 Å². The van der Waals surface area contributed by atoms with E-state index < -0.39 is 5.60 Å². The summed E-state index contributed by atoms with van der Waals surface area (Å²) in [5.74, 6) is -0.147. The molecule has 112 valence electrons. The molecule has 0 aliphatic heterocycles. The summed E-state index contributed by atoms with van der Waals surface area (Å²) in [6, 6.07) is 0. The number of nitrogens with zero attached hydrogens (tertiary/aromatic N) is 1. The van der Waals surface area contributed by atoms with Gasteiger partial charge in [-0.2, -0.15) is 0 Å². The number of hydrogen-bond donors (Lipinski definition) is 2. The van der Waals surface area contributed by atoms with Gasteiger partial charge in [0.2, 0.25) is 0 Å². The first-order valence-electron chi connectivity index (χ1n) is 7.43. The zero-order valence-corrected chi connectivity index (χ0v) is 12.7. The van der Waals surface area contributed by atoms with Crippen LogP contribution in [0.4, 0.5) is 0 Å². The average Bonchev–Trinajstić information content (AvgIpc) is 3.18. The largest absolute Gasteiger partial charge is 0.411 e. The number of fused-ring (bicyclic) bond motifs is 1. The third-order valence-corrected chi connectivity index (χ3v) is 5.47. The molecule has 0 aromatic heterocycles. The van der Waals surface area contributed by atoms with E-state index in [9.17, 15) is 9.90 Å². The average molecular weight is 287 g/mol. The van der Waals surface area contributed by atoms with Gasteiger partial charge < -0.3 is 10.3 Å². The summed E-state index contributed by atoms with van der Waals surface area (Å²) in [4.78, 5) is 12.7.